The largest absolute Gasteiger partial charge is 0.481 e. The molecule has 2 rings (SSSR count). The van der Waals surface area contributed by atoms with E-state index in [2.05, 4.69) is 5.32 Å². The van der Waals surface area contributed by atoms with Gasteiger partial charge in [0.2, 0.25) is 0 Å². The van der Waals surface area contributed by atoms with Crippen LogP contribution >= 0.6 is 0 Å². The fourth-order valence-corrected chi connectivity index (χ4v) is 2.25. The molecule has 120 valence electrons. The molecule has 6 nitrogen and oxygen atoms in total. The van der Waals surface area contributed by atoms with Gasteiger partial charge in [-0.05, 0) is 25.0 Å². The third-order valence-electron chi connectivity index (χ3n) is 3.72. The van der Waals surface area contributed by atoms with Crippen LogP contribution in [-0.4, -0.2) is 43.3 Å². The Hall–Kier alpha value is -2.15. The summed E-state index contributed by atoms with van der Waals surface area (Å²) >= 11 is 0. The number of carboxylic acids is 1. The van der Waals surface area contributed by atoms with Gasteiger partial charge < -0.3 is 19.9 Å². The van der Waals surface area contributed by atoms with Crippen LogP contribution in [0.2, 0.25) is 0 Å². The fraction of sp³-hybridized carbons (Fsp3) is 0.467. The number of carboxylic acid groups (broad SMARTS) is 1. The van der Waals surface area contributed by atoms with Crippen LogP contribution in [0.4, 0.5) is 4.39 Å². The Labute approximate surface area is 127 Å². The minimum Gasteiger partial charge on any atom is -0.481 e. The van der Waals surface area contributed by atoms with Gasteiger partial charge in [0.1, 0.15) is 0 Å². The zero-order valence-electron chi connectivity index (χ0n) is 12.0. The molecule has 22 heavy (non-hydrogen) atoms. The van der Waals surface area contributed by atoms with Crippen molar-refractivity contribution in [1.82, 2.24) is 5.32 Å². The van der Waals surface area contributed by atoms with Crippen molar-refractivity contribution < 1.29 is 28.6 Å². The first-order chi connectivity index (χ1) is 10.5. The van der Waals surface area contributed by atoms with Crippen LogP contribution in [0.3, 0.4) is 0 Å². The summed E-state index contributed by atoms with van der Waals surface area (Å²) in [6.07, 6.45) is 0.688. The number of halogens is 1. The Bertz CT molecular complexity index is 542. The first kappa shape index (κ1) is 16.2. The van der Waals surface area contributed by atoms with Gasteiger partial charge in [-0.1, -0.05) is 12.1 Å². The highest BCUT2D eigenvalue weighted by atomic mass is 19.1. The van der Waals surface area contributed by atoms with Gasteiger partial charge in [-0.2, -0.15) is 0 Å². The van der Waals surface area contributed by atoms with E-state index in [1.807, 2.05) is 0 Å². The van der Waals surface area contributed by atoms with Crippen LogP contribution in [0.15, 0.2) is 24.3 Å². The molecule has 0 spiro atoms. The maximum Gasteiger partial charge on any atom is 0.311 e. The Morgan fingerprint density at radius 1 is 1.32 bits per heavy atom. The Balaban J connectivity index is 1.84. The van der Waals surface area contributed by atoms with Crippen LogP contribution in [-0.2, 0) is 14.3 Å². The Kier molecular flexibility index (Phi) is 5.32. The van der Waals surface area contributed by atoms with Gasteiger partial charge in [-0.3, -0.25) is 9.59 Å². The number of amides is 1. The van der Waals surface area contributed by atoms with E-state index in [1.54, 1.807) is 6.07 Å². The predicted octanol–water partition coefficient (Wildman–Crippen LogP) is 1.20. The van der Waals surface area contributed by atoms with E-state index in [9.17, 15) is 19.1 Å². The molecule has 1 aromatic carbocycles. The molecular formula is C15H18FNO5. The molecule has 0 aromatic heterocycles. The van der Waals surface area contributed by atoms with E-state index in [0.29, 0.717) is 26.1 Å². The third-order valence-corrected chi connectivity index (χ3v) is 3.72. The molecule has 0 radical (unpaired) electrons. The molecule has 1 amide bonds. The van der Waals surface area contributed by atoms with Crippen molar-refractivity contribution in [2.24, 2.45) is 5.41 Å². The van der Waals surface area contributed by atoms with Crippen molar-refractivity contribution in [3.05, 3.63) is 30.1 Å². The van der Waals surface area contributed by atoms with Gasteiger partial charge in [0.15, 0.2) is 18.2 Å². The van der Waals surface area contributed by atoms with Crippen molar-refractivity contribution in [3.8, 4) is 5.75 Å². The number of para-hydroxylation sites is 1. The zero-order valence-corrected chi connectivity index (χ0v) is 12.0. The van der Waals surface area contributed by atoms with Crippen molar-refractivity contribution >= 4 is 11.9 Å². The van der Waals surface area contributed by atoms with E-state index >= 15 is 0 Å². The van der Waals surface area contributed by atoms with Gasteiger partial charge >= 0.3 is 5.97 Å². The van der Waals surface area contributed by atoms with Crippen molar-refractivity contribution in [2.45, 2.75) is 12.8 Å². The highest BCUT2D eigenvalue weighted by Crippen LogP contribution is 2.30. The number of carbonyl (C=O) groups is 2. The van der Waals surface area contributed by atoms with Crippen molar-refractivity contribution in [1.29, 1.82) is 0 Å². The monoisotopic (exact) mass is 311 g/mol. The second kappa shape index (κ2) is 7.22. The lowest BCUT2D eigenvalue weighted by atomic mass is 9.80. The van der Waals surface area contributed by atoms with E-state index in [0.717, 1.165) is 0 Å². The lowest BCUT2D eigenvalue weighted by Crippen LogP contribution is -2.47. The van der Waals surface area contributed by atoms with Crippen LogP contribution in [0.25, 0.3) is 0 Å². The van der Waals surface area contributed by atoms with Crippen molar-refractivity contribution in [3.63, 3.8) is 0 Å². The normalized spacial score (nSPS) is 16.8. The second-order valence-corrected chi connectivity index (χ2v) is 5.19. The summed E-state index contributed by atoms with van der Waals surface area (Å²) < 4.78 is 23.6. The number of carbonyl (C=O) groups excluding carboxylic acids is 1. The lowest BCUT2D eigenvalue weighted by Gasteiger charge is -2.33. The molecular weight excluding hydrogens is 293 g/mol. The van der Waals surface area contributed by atoms with E-state index in [4.69, 9.17) is 9.47 Å². The smallest absolute Gasteiger partial charge is 0.311 e. The maximum atomic E-state index is 13.3. The van der Waals surface area contributed by atoms with Gasteiger partial charge in [0.05, 0.1) is 5.41 Å². The second-order valence-electron chi connectivity index (χ2n) is 5.19. The molecule has 0 atom stereocenters. The summed E-state index contributed by atoms with van der Waals surface area (Å²) in [4.78, 5) is 23.2. The Morgan fingerprint density at radius 2 is 2.00 bits per heavy atom. The number of ether oxygens (including phenoxy) is 2. The quantitative estimate of drug-likeness (QED) is 0.824. The third kappa shape index (κ3) is 3.94. The van der Waals surface area contributed by atoms with E-state index in [-0.39, 0.29) is 18.9 Å². The molecule has 7 heteroatoms. The van der Waals surface area contributed by atoms with E-state index in [1.165, 1.54) is 18.2 Å². The molecule has 1 heterocycles. The number of benzene rings is 1. The Morgan fingerprint density at radius 3 is 2.64 bits per heavy atom. The number of aliphatic carboxylic acids is 1. The number of rotatable bonds is 6. The molecule has 2 N–H and O–H groups in total. The van der Waals surface area contributed by atoms with Crippen molar-refractivity contribution in [2.75, 3.05) is 26.4 Å². The van der Waals surface area contributed by atoms with Gasteiger partial charge in [0.25, 0.3) is 5.91 Å². The average Bonchev–Trinajstić information content (AvgIpc) is 2.53. The molecule has 1 aromatic rings. The molecule has 1 aliphatic heterocycles. The number of nitrogens with one attached hydrogen (secondary N) is 1. The molecule has 0 saturated carbocycles. The minimum absolute atomic E-state index is 0.00512. The highest BCUT2D eigenvalue weighted by molar-refractivity contribution is 5.80. The minimum atomic E-state index is -1.01. The van der Waals surface area contributed by atoms with Crippen LogP contribution < -0.4 is 10.1 Å². The average molecular weight is 311 g/mol. The summed E-state index contributed by atoms with van der Waals surface area (Å²) in [6.45, 7) is 0.347. The highest BCUT2D eigenvalue weighted by Gasteiger charge is 2.40. The summed E-state index contributed by atoms with van der Waals surface area (Å²) in [7, 11) is 0. The SMILES string of the molecule is O=C(COc1ccccc1F)NCC1(C(=O)O)CCOCC1. The molecule has 0 bridgehead atoms. The molecule has 1 saturated heterocycles. The van der Waals surface area contributed by atoms with Gasteiger partial charge in [-0.15, -0.1) is 0 Å². The summed E-state index contributed by atoms with van der Waals surface area (Å²) in [6, 6.07) is 5.76. The van der Waals surface area contributed by atoms with Crippen LogP contribution in [0.5, 0.6) is 5.75 Å². The lowest BCUT2D eigenvalue weighted by molar-refractivity contribution is -0.154. The summed E-state index contributed by atoms with van der Waals surface area (Å²) in [5, 5.41) is 11.9. The van der Waals surface area contributed by atoms with Crippen LogP contribution in [0.1, 0.15) is 12.8 Å². The number of hydrogen-bond acceptors (Lipinski definition) is 4. The van der Waals surface area contributed by atoms with Gasteiger partial charge in [0, 0.05) is 19.8 Å². The van der Waals surface area contributed by atoms with E-state index < -0.39 is 23.1 Å². The van der Waals surface area contributed by atoms with Gasteiger partial charge in [-0.25, -0.2) is 4.39 Å². The molecule has 0 unspecified atom stereocenters. The molecule has 1 aliphatic rings. The maximum absolute atomic E-state index is 13.3. The molecule has 0 aliphatic carbocycles. The molecule has 1 fully saturated rings. The first-order valence-corrected chi connectivity index (χ1v) is 6.99. The standard InChI is InChI=1S/C15H18FNO5/c16-11-3-1-2-4-12(11)22-9-13(18)17-10-15(14(19)20)5-7-21-8-6-15/h1-4H,5-10H2,(H,17,18)(H,19,20). The predicted molar refractivity (Wildman–Crippen MR) is 75.0 cm³/mol. The summed E-state index contributed by atoms with van der Waals surface area (Å²) in [5.41, 5.74) is -1.01. The summed E-state index contributed by atoms with van der Waals surface area (Å²) in [5.74, 6) is -2.01. The topological polar surface area (TPSA) is 84.9 Å². The number of hydrogen-bond donors (Lipinski definition) is 2. The van der Waals surface area contributed by atoms with Crippen LogP contribution in [0, 0.1) is 11.2 Å². The zero-order chi connectivity index (χ0) is 16.0. The fourth-order valence-electron chi connectivity index (χ4n) is 2.25. The first-order valence-electron chi connectivity index (χ1n) is 6.99.